The number of hydrogen-bond acceptors (Lipinski definition) is 4. The molecule has 5 nitrogen and oxygen atoms in total. The van der Waals surface area contributed by atoms with Crippen molar-refractivity contribution in [3.63, 3.8) is 0 Å². The maximum atomic E-state index is 6.86. The van der Waals surface area contributed by atoms with Gasteiger partial charge >= 0.3 is 0 Å². The molecule has 0 saturated heterocycles. The number of benzene rings is 7. The number of nitrogens with zero attached hydrogens (tertiary/aromatic N) is 4. The average molecular weight is 719 g/mol. The molecule has 9 aromatic rings. The molecule has 3 heterocycles. The highest BCUT2D eigenvalue weighted by Gasteiger charge is 2.40. The third kappa shape index (κ3) is 5.44. The van der Waals surface area contributed by atoms with E-state index in [0.717, 1.165) is 61.6 Å². The topological polar surface area (TPSA) is 52.8 Å². The molecule has 7 aromatic carbocycles. The Kier molecular flexibility index (Phi) is 7.56. The van der Waals surface area contributed by atoms with Gasteiger partial charge in [0.15, 0.2) is 17.5 Å². The second-order valence-electron chi connectivity index (χ2n) is 14.4. The zero-order valence-electron chi connectivity index (χ0n) is 30.3. The molecular weight excluding hydrogens is 685 g/mol. The Morgan fingerprint density at radius 1 is 0.446 bits per heavy atom. The van der Waals surface area contributed by atoms with Crippen LogP contribution in [0.4, 0.5) is 0 Å². The normalized spacial score (nSPS) is 15.2. The standard InChI is InChI=1S/C51H34N4O/c1-4-14-33(15-5-1)35-18-12-20-37(30-35)49-52-50(38-21-13-19-36(31-38)34-16-6-2-7-17-34)54-51(53-49)39-26-29-46-43(32-39)41-27-28-45-47(48(41)56-46)42-24-10-11-25-44(42)55(45)40-22-8-3-9-23-40/h1-32,41,48H. The summed E-state index contributed by atoms with van der Waals surface area (Å²) >= 11 is 0. The summed E-state index contributed by atoms with van der Waals surface area (Å²) in [5, 5.41) is 1.21. The first-order valence-corrected chi connectivity index (χ1v) is 19.0. The molecule has 264 valence electrons. The van der Waals surface area contributed by atoms with E-state index in [9.17, 15) is 0 Å². The molecule has 0 spiro atoms. The Labute approximate surface area is 324 Å². The molecule has 56 heavy (non-hydrogen) atoms. The average Bonchev–Trinajstić information content (AvgIpc) is 3.83. The van der Waals surface area contributed by atoms with Crippen LogP contribution in [0.1, 0.15) is 28.8 Å². The number of ether oxygens (including phenoxy) is 1. The zero-order chi connectivity index (χ0) is 37.0. The number of rotatable bonds is 6. The van der Waals surface area contributed by atoms with Gasteiger partial charge in [-0.1, -0.05) is 140 Å². The van der Waals surface area contributed by atoms with Gasteiger partial charge in [0.2, 0.25) is 0 Å². The largest absolute Gasteiger partial charge is 0.484 e. The molecule has 1 aliphatic heterocycles. The summed E-state index contributed by atoms with van der Waals surface area (Å²) < 4.78 is 9.21. The second-order valence-corrected chi connectivity index (χ2v) is 14.4. The molecule has 0 saturated carbocycles. The van der Waals surface area contributed by atoms with Crippen molar-refractivity contribution < 1.29 is 4.74 Å². The van der Waals surface area contributed by atoms with Gasteiger partial charge in [-0.25, -0.2) is 15.0 Å². The minimum atomic E-state index is -0.152. The van der Waals surface area contributed by atoms with E-state index in [1.165, 1.54) is 16.5 Å². The van der Waals surface area contributed by atoms with E-state index in [2.05, 4.69) is 187 Å². The third-order valence-electron chi connectivity index (χ3n) is 11.0. The summed E-state index contributed by atoms with van der Waals surface area (Å²) in [6.45, 7) is 0. The summed E-state index contributed by atoms with van der Waals surface area (Å²) in [6, 6.07) is 63.3. The third-order valence-corrected chi connectivity index (χ3v) is 11.0. The second kappa shape index (κ2) is 13.2. The van der Waals surface area contributed by atoms with Crippen LogP contribution in [-0.4, -0.2) is 19.5 Å². The molecule has 2 aromatic heterocycles. The summed E-state index contributed by atoms with van der Waals surface area (Å²) in [4.78, 5) is 15.5. The van der Waals surface area contributed by atoms with E-state index >= 15 is 0 Å². The highest BCUT2D eigenvalue weighted by atomic mass is 16.5. The molecule has 0 bridgehead atoms. The minimum Gasteiger partial charge on any atom is -0.484 e. The highest BCUT2D eigenvalue weighted by Crippen LogP contribution is 2.53. The monoisotopic (exact) mass is 718 g/mol. The summed E-state index contributed by atoms with van der Waals surface area (Å²) in [5.74, 6) is 2.79. The molecule has 1 aliphatic carbocycles. The van der Waals surface area contributed by atoms with Gasteiger partial charge in [0.25, 0.3) is 0 Å². The lowest BCUT2D eigenvalue weighted by molar-refractivity contribution is 0.224. The van der Waals surface area contributed by atoms with Gasteiger partial charge in [-0.3, -0.25) is 0 Å². The van der Waals surface area contributed by atoms with Gasteiger partial charge in [0, 0.05) is 44.8 Å². The van der Waals surface area contributed by atoms with E-state index in [-0.39, 0.29) is 12.0 Å². The van der Waals surface area contributed by atoms with Crippen molar-refractivity contribution in [1.82, 2.24) is 19.5 Å². The molecule has 2 atom stereocenters. The van der Waals surface area contributed by atoms with E-state index in [1.54, 1.807) is 0 Å². The van der Waals surface area contributed by atoms with Crippen molar-refractivity contribution >= 4 is 17.0 Å². The Morgan fingerprint density at radius 3 is 1.59 bits per heavy atom. The molecule has 5 heteroatoms. The predicted molar refractivity (Wildman–Crippen MR) is 225 cm³/mol. The summed E-state index contributed by atoms with van der Waals surface area (Å²) in [5.41, 5.74) is 13.1. The van der Waals surface area contributed by atoms with Crippen LogP contribution in [-0.2, 0) is 0 Å². The zero-order valence-corrected chi connectivity index (χ0v) is 30.3. The molecule has 2 aliphatic rings. The van der Waals surface area contributed by atoms with E-state index in [1.807, 2.05) is 12.1 Å². The van der Waals surface area contributed by atoms with E-state index in [0.29, 0.717) is 17.5 Å². The summed E-state index contributed by atoms with van der Waals surface area (Å²) in [7, 11) is 0. The van der Waals surface area contributed by atoms with Crippen LogP contribution in [0.5, 0.6) is 5.75 Å². The Morgan fingerprint density at radius 2 is 0.964 bits per heavy atom. The molecule has 2 unspecified atom stereocenters. The Balaban J connectivity index is 1.03. The maximum Gasteiger partial charge on any atom is 0.164 e. The lowest BCUT2D eigenvalue weighted by Crippen LogP contribution is -2.13. The van der Waals surface area contributed by atoms with Crippen molar-refractivity contribution in [2.24, 2.45) is 0 Å². The lowest BCUT2D eigenvalue weighted by Gasteiger charge is -2.22. The maximum absolute atomic E-state index is 6.86. The van der Waals surface area contributed by atoms with Gasteiger partial charge in [-0.15, -0.1) is 0 Å². The van der Waals surface area contributed by atoms with E-state index < -0.39 is 0 Å². The molecule has 0 radical (unpaired) electrons. The molecule has 0 fully saturated rings. The lowest BCUT2D eigenvalue weighted by atomic mass is 9.85. The van der Waals surface area contributed by atoms with Gasteiger partial charge in [0.05, 0.1) is 11.2 Å². The SMILES string of the molecule is C1=CC2c3cc(-c4nc(-c5cccc(-c6ccccc6)c5)nc(-c5cccc(-c6ccccc6)c5)n4)ccc3OC2c2c1n(-c1ccccc1)c1ccccc21. The number of para-hydroxylation sites is 2. The van der Waals surface area contributed by atoms with Crippen molar-refractivity contribution in [2.75, 3.05) is 0 Å². The van der Waals surface area contributed by atoms with Gasteiger partial charge in [0.1, 0.15) is 11.9 Å². The number of hydrogen-bond donors (Lipinski definition) is 0. The quantitative estimate of drug-likeness (QED) is 0.172. The van der Waals surface area contributed by atoms with Crippen LogP contribution >= 0.6 is 0 Å². The van der Waals surface area contributed by atoms with Gasteiger partial charge < -0.3 is 9.30 Å². The first-order valence-electron chi connectivity index (χ1n) is 19.0. The fraction of sp³-hybridized carbons (Fsp3) is 0.0392. The van der Waals surface area contributed by atoms with Gasteiger partial charge in [-0.2, -0.15) is 0 Å². The molecule has 11 rings (SSSR count). The highest BCUT2D eigenvalue weighted by molar-refractivity contribution is 5.92. The number of fused-ring (bicyclic) bond motifs is 7. The van der Waals surface area contributed by atoms with Crippen LogP contribution < -0.4 is 4.74 Å². The molecular formula is C51H34N4O. The first-order chi connectivity index (χ1) is 27.7. The van der Waals surface area contributed by atoms with Crippen LogP contribution in [0.15, 0.2) is 188 Å². The van der Waals surface area contributed by atoms with Crippen LogP contribution in [0.2, 0.25) is 0 Å². The summed E-state index contributed by atoms with van der Waals surface area (Å²) in [6.07, 6.45) is 4.42. The Hall–Kier alpha value is -7.37. The first kappa shape index (κ1) is 32.1. The Bertz CT molecular complexity index is 2850. The van der Waals surface area contributed by atoms with Crippen LogP contribution in [0.3, 0.4) is 0 Å². The van der Waals surface area contributed by atoms with Crippen molar-refractivity contribution in [3.05, 3.63) is 205 Å². The van der Waals surface area contributed by atoms with Gasteiger partial charge in [-0.05, 0) is 76.9 Å². The molecule has 0 N–H and O–H groups in total. The predicted octanol–water partition coefficient (Wildman–Crippen LogP) is 12.4. The van der Waals surface area contributed by atoms with Crippen molar-refractivity contribution in [2.45, 2.75) is 12.0 Å². The van der Waals surface area contributed by atoms with Crippen molar-refractivity contribution in [3.8, 4) is 67.9 Å². The smallest absolute Gasteiger partial charge is 0.164 e. The van der Waals surface area contributed by atoms with Crippen LogP contribution in [0.25, 0.3) is 79.1 Å². The van der Waals surface area contributed by atoms with Crippen LogP contribution in [0, 0.1) is 0 Å². The van der Waals surface area contributed by atoms with Crippen molar-refractivity contribution in [1.29, 1.82) is 0 Å². The minimum absolute atomic E-state index is 0.0402. The number of aromatic nitrogens is 4. The molecule has 0 amide bonds. The fourth-order valence-electron chi connectivity index (χ4n) is 8.37. The fourth-order valence-corrected chi connectivity index (χ4v) is 8.37. The van der Waals surface area contributed by atoms with E-state index in [4.69, 9.17) is 19.7 Å².